The number of hydrogen-bond acceptors (Lipinski definition) is 2. The van der Waals surface area contributed by atoms with Gasteiger partial charge in [0.05, 0.1) is 0 Å². The average molecular weight is 260 g/mol. The Labute approximate surface area is 112 Å². The van der Waals surface area contributed by atoms with Crippen molar-refractivity contribution in [3.05, 3.63) is 71.3 Å². The molecule has 2 rings (SSSR count). The van der Waals surface area contributed by atoms with Crippen LogP contribution in [0.15, 0.2) is 55.1 Å². The number of ether oxygens (including phenoxy) is 1. The minimum atomic E-state index is 0.474. The second-order valence-corrected chi connectivity index (χ2v) is 4.41. The Morgan fingerprint density at radius 3 is 2.56 bits per heavy atom. The van der Waals surface area contributed by atoms with Crippen molar-refractivity contribution in [2.45, 2.75) is 6.61 Å². The molecule has 18 heavy (non-hydrogen) atoms. The van der Waals surface area contributed by atoms with Crippen LogP contribution in [0, 0.1) is 0 Å². The molecule has 2 N–H and O–H groups in total. The molecule has 0 bridgehead atoms. The van der Waals surface area contributed by atoms with Crippen LogP contribution in [-0.4, -0.2) is 0 Å². The highest BCUT2D eigenvalue weighted by Crippen LogP contribution is 2.24. The van der Waals surface area contributed by atoms with E-state index in [0.717, 1.165) is 11.1 Å². The number of halogens is 1. The van der Waals surface area contributed by atoms with Crippen LogP contribution in [0.25, 0.3) is 5.70 Å². The van der Waals surface area contributed by atoms with Crippen LogP contribution in [0.4, 0.5) is 0 Å². The van der Waals surface area contributed by atoms with Gasteiger partial charge in [-0.3, -0.25) is 0 Å². The van der Waals surface area contributed by atoms with Crippen LogP contribution >= 0.6 is 11.6 Å². The summed E-state index contributed by atoms with van der Waals surface area (Å²) in [7, 11) is 0. The van der Waals surface area contributed by atoms with E-state index in [1.54, 1.807) is 12.1 Å². The predicted octanol–water partition coefficient (Wildman–Crippen LogP) is 3.85. The van der Waals surface area contributed by atoms with Crippen molar-refractivity contribution < 1.29 is 4.74 Å². The van der Waals surface area contributed by atoms with Crippen LogP contribution in [0.3, 0.4) is 0 Å². The van der Waals surface area contributed by atoms with Crippen LogP contribution in [0.2, 0.25) is 5.02 Å². The molecule has 0 aliphatic carbocycles. The molecule has 92 valence electrons. The van der Waals surface area contributed by atoms with E-state index in [1.807, 2.05) is 36.4 Å². The Morgan fingerprint density at radius 1 is 1.17 bits per heavy atom. The summed E-state index contributed by atoms with van der Waals surface area (Å²) in [5.74, 6) is 0.688. The Hall–Kier alpha value is -1.93. The summed E-state index contributed by atoms with van der Waals surface area (Å²) in [6, 6.07) is 15.3. The summed E-state index contributed by atoms with van der Waals surface area (Å²) in [4.78, 5) is 0. The second kappa shape index (κ2) is 5.61. The van der Waals surface area contributed by atoms with Gasteiger partial charge in [-0.05, 0) is 23.8 Å². The van der Waals surface area contributed by atoms with Gasteiger partial charge < -0.3 is 10.5 Å². The molecular weight excluding hydrogens is 246 g/mol. The Kier molecular flexibility index (Phi) is 3.90. The number of nitrogens with two attached hydrogens (primary N) is 1. The minimum absolute atomic E-state index is 0.474. The van der Waals surface area contributed by atoms with Crippen molar-refractivity contribution in [1.82, 2.24) is 0 Å². The van der Waals surface area contributed by atoms with Gasteiger partial charge in [0.2, 0.25) is 0 Å². The highest BCUT2D eigenvalue weighted by Gasteiger charge is 2.02. The predicted molar refractivity (Wildman–Crippen MR) is 75.4 cm³/mol. The van der Waals surface area contributed by atoms with Crippen LogP contribution in [-0.2, 0) is 6.61 Å². The molecule has 0 atom stereocenters. The van der Waals surface area contributed by atoms with Crippen molar-refractivity contribution in [3.63, 3.8) is 0 Å². The summed E-state index contributed by atoms with van der Waals surface area (Å²) in [5.41, 5.74) is 8.01. The Bertz CT molecular complexity index is 552. The van der Waals surface area contributed by atoms with Crippen LogP contribution < -0.4 is 10.5 Å². The molecule has 0 fully saturated rings. The molecule has 2 aromatic rings. The maximum atomic E-state index is 6.00. The monoisotopic (exact) mass is 259 g/mol. The van der Waals surface area contributed by atoms with Gasteiger partial charge in [0.1, 0.15) is 12.4 Å². The van der Waals surface area contributed by atoms with E-state index >= 15 is 0 Å². The van der Waals surface area contributed by atoms with Crippen LogP contribution in [0.5, 0.6) is 5.75 Å². The lowest BCUT2D eigenvalue weighted by atomic mass is 10.1. The third kappa shape index (κ3) is 3.28. The molecule has 0 aromatic heterocycles. The molecule has 0 heterocycles. The lowest BCUT2D eigenvalue weighted by Crippen LogP contribution is -1.98. The molecule has 0 aliphatic rings. The molecule has 0 saturated heterocycles. The summed E-state index contributed by atoms with van der Waals surface area (Å²) >= 11 is 6.00. The van der Waals surface area contributed by atoms with Gasteiger partial charge in [0.25, 0.3) is 0 Å². The Morgan fingerprint density at radius 2 is 1.89 bits per heavy atom. The molecular formula is C15H14ClNO. The van der Waals surface area contributed by atoms with E-state index in [9.17, 15) is 0 Å². The highest BCUT2D eigenvalue weighted by atomic mass is 35.5. The maximum Gasteiger partial charge on any atom is 0.121 e. The number of benzene rings is 2. The second-order valence-electron chi connectivity index (χ2n) is 3.98. The maximum absolute atomic E-state index is 6.00. The molecule has 3 heteroatoms. The largest absolute Gasteiger partial charge is 0.489 e. The number of hydrogen-bond donors (Lipinski definition) is 1. The van der Waals surface area contributed by atoms with Crippen molar-refractivity contribution >= 4 is 17.3 Å². The van der Waals surface area contributed by atoms with Gasteiger partial charge in [-0.2, -0.15) is 0 Å². The average Bonchev–Trinajstić information content (AvgIpc) is 2.37. The van der Waals surface area contributed by atoms with Gasteiger partial charge in [-0.1, -0.05) is 48.5 Å². The SMILES string of the molecule is C=C(N)c1cc(Cl)cc(OCc2ccccc2)c1. The zero-order valence-corrected chi connectivity index (χ0v) is 10.7. The quantitative estimate of drug-likeness (QED) is 0.905. The summed E-state index contributed by atoms with van der Waals surface area (Å²) in [5, 5.41) is 0.585. The normalized spacial score (nSPS) is 10.1. The fourth-order valence-corrected chi connectivity index (χ4v) is 1.80. The Balaban J connectivity index is 2.12. The van der Waals surface area contributed by atoms with Crippen molar-refractivity contribution in [2.24, 2.45) is 5.73 Å². The lowest BCUT2D eigenvalue weighted by Gasteiger charge is -2.09. The van der Waals surface area contributed by atoms with E-state index in [1.165, 1.54) is 0 Å². The first-order valence-electron chi connectivity index (χ1n) is 5.57. The van der Waals surface area contributed by atoms with E-state index in [0.29, 0.717) is 23.1 Å². The highest BCUT2D eigenvalue weighted by molar-refractivity contribution is 6.30. The van der Waals surface area contributed by atoms with E-state index in [2.05, 4.69) is 6.58 Å². The smallest absolute Gasteiger partial charge is 0.121 e. The van der Waals surface area contributed by atoms with E-state index in [-0.39, 0.29) is 0 Å². The topological polar surface area (TPSA) is 35.2 Å². The van der Waals surface area contributed by atoms with Gasteiger partial charge >= 0.3 is 0 Å². The fourth-order valence-electron chi connectivity index (χ4n) is 1.57. The molecule has 2 nitrogen and oxygen atoms in total. The summed E-state index contributed by atoms with van der Waals surface area (Å²) in [6.07, 6.45) is 0. The molecule has 0 aliphatic heterocycles. The third-order valence-electron chi connectivity index (χ3n) is 2.49. The van der Waals surface area contributed by atoms with Crippen molar-refractivity contribution in [3.8, 4) is 5.75 Å². The zero-order chi connectivity index (χ0) is 13.0. The van der Waals surface area contributed by atoms with E-state index in [4.69, 9.17) is 22.1 Å². The minimum Gasteiger partial charge on any atom is -0.489 e. The van der Waals surface area contributed by atoms with Gasteiger partial charge in [-0.15, -0.1) is 0 Å². The van der Waals surface area contributed by atoms with E-state index < -0.39 is 0 Å². The standard InChI is InChI=1S/C15H14ClNO/c1-11(17)13-7-14(16)9-15(8-13)18-10-12-5-3-2-4-6-12/h2-9H,1,10,17H2. The van der Waals surface area contributed by atoms with Gasteiger partial charge in [0.15, 0.2) is 0 Å². The van der Waals surface area contributed by atoms with Crippen molar-refractivity contribution in [1.29, 1.82) is 0 Å². The first kappa shape index (κ1) is 12.5. The third-order valence-corrected chi connectivity index (χ3v) is 2.71. The summed E-state index contributed by atoms with van der Waals surface area (Å²) in [6.45, 7) is 4.19. The molecule has 0 amide bonds. The first-order valence-corrected chi connectivity index (χ1v) is 5.95. The first-order chi connectivity index (χ1) is 8.65. The number of rotatable bonds is 4. The van der Waals surface area contributed by atoms with Crippen LogP contribution in [0.1, 0.15) is 11.1 Å². The molecule has 0 spiro atoms. The zero-order valence-electron chi connectivity index (χ0n) is 9.90. The van der Waals surface area contributed by atoms with Gasteiger partial charge in [-0.25, -0.2) is 0 Å². The fraction of sp³-hybridized carbons (Fsp3) is 0.0667. The molecule has 2 aromatic carbocycles. The molecule has 0 saturated carbocycles. The lowest BCUT2D eigenvalue weighted by molar-refractivity contribution is 0.306. The molecule has 0 radical (unpaired) electrons. The molecule has 0 unspecified atom stereocenters. The van der Waals surface area contributed by atoms with Crippen molar-refractivity contribution in [2.75, 3.05) is 0 Å². The summed E-state index contributed by atoms with van der Waals surface area (Å²) < 4.78 is 5.68. The van der Waals surface area contributed by atoms with Gasteiger partial charge in [0, 0.05) is 16.3 Å².